The number of hydrogen-bond acceptors (Lipinski definition) is 2. The number of ether oxygens (including phenoxy) is 1. The summed E-state index contributed by atoms with van der Waals surface area (Å²) in [6.07, 6.45) is 7.85. The van der Waals surface area contributed by atoms with Crippen LogP contribution in [0.15, 0.2) is 12.1 Å². The van der Waals surface area contributed by atoms with Gasteiger partial charge in [-0.3, -0.25) is 4.79 Å². The van der Waals surface area contributed by atoms with Crippen molar-refractivity contribution in [3.8, 4) is 5.75 Å². The van der Waals surface area contributed by atoms with E-state index in [9.17, 15) is 9.90 Å². The number of methoxy groups -OCH3 is 1. The first-order chi connectivity index (χ1) is 9.69. The van der Waals surface area contributed by atoms with Crippen molar-refractivity contribution in [2.75, 3.05) is 7.11 Å². The van der Waals surface area contributed by atoms with Gasteiger partial charge >= 0.3 is 5.97 Å². The van der Waals surface area contributed by atoms with Crippen LogP contribution in [0.3, 0.4) is 0 Å². The van der Waals surface area contributed by atoms with E-state index in [2.05, 4.69) is 6.07 Å². The molecule has 1 saturated carbocycles. The lowest BCUT2D eigenvalue weighted by molar-refractivity contribution is -0.145. The molecule has 0 amide bonds. The van der Waals surface area contributed by atoms with Crippen molar-refractivity contribution in [2.24, 2.45) is 0 Å². The minimum absolute atomic E-state index is 0.687. The number of aryl methyl sites for hydroxylation is 1. The fourth-order valence-electron chi connectivity index (χ4n) is 4.00. The van der Waals surface area contributed by atoms with Gasteiger partial charge in [-0.25, -0.2) is 0 Å². The largest absolute Gasteiger partial charge is 0.496 e. The summed E-state index contributed by atoms with van der Waals surface area (Å²) in [6.45, 7) is 0. The Hall–Kier alpha value is -1.51. The normalized spacial score (nSPS) is 20.4. The molecule has 2 aliphatic rings. The van der Waals surface area contributed by atoms with E-state index in [0.29, 0.717) is 0 Å². The maximum atomic E-state index is 12.0. The molecule has 0 heterocycles. The quantitative estimate of drug-likeness (QED) is 0.918. The predicted octanol–water partition coefficient (Wildman–Crippen LogP) is 3.47. The molecule has 1 aromatic carbocycles. The Kier molecular flexibility index (Phi) is 3.45. The molecule has 0 bridgehead atoms. The van der Waals surface area contributed by atoms with Gasteiger partial charge in [0.1, 0.15) is 5.75 Å². The zero-order valence-corrected chi connectivity index (χ0v) is 12.1. The van der Waals surface area contributed by atoms with Gasteiger partial charge in [0.15, 0.2) is 0 Å². The molecule has 3 heteroatoms. The van der Waals surface area contributed by atoms with Crippen LogP contribution in [-0.2, 0) is 23.1 Å². The lowest BCUT2D eigenvalue weighted by Crippen LogP contribution is -2.38. The van der Waals surface area contributed by atoms with Crippen LogP contribution in [-0.4, -0.2) is 18.2 Å². The fourth-order valence-corrected chi connectivity index (χ4v) is 4.00. The van der Waals surface area contributed by atoms with Crippen LogP contribution >= 0.6 is 0 Å². The molecule has 0 aromatic heterocycles. The SMILES string of the molecule is COc1c(C2(C(=O)O)CCCCC2)ccc2c1CCC2. The average molecular weight is 274 g/mol. The van der Waals surface area contributed by atoms with E-state index in [4.69, 9.17) is 4.74 Å². The summed E-state index contributed by atoms with van der Waals surface area (Å²) in [5.74, 6) is 0.165. The van der Waals surface area contributed by atoms with Crippen LogP contribution < -0.4 is 4.74 Å². The second-order valence-corrected chi connectivity index (χ2v) is 6.09. The van der Waals surface area contributed by atoms with E-state index in [1.54, 1.807) is 7.11 Å². The molecule has 1 aromatic rings. The Balaban J connectivity index is 2.14. The van der Waals surface area contributed by atoms with Crippen LogP contribution in [0.25, 0.3) is 0 Å². The molecule has 2 aliphatic carbocycles. The molecule has 0 radical (unpaired) electrons. The monoisotopic (exact) mass is 274 g/mol. The molecule has 3 rings (SSSR count). The van der Waals surface area contributed by atoms with Crippen LogP contribution in [0, 0.1) is 0 Å². The molecule has 3 nitrogen and oxygen atoms in total. The standard InChI is InChI=1S/C17H22O3/c1-20-15-13-7-5-6-12(13)8-9-14(15)17(16(18)19)10-3-2-4-11-17/h8-9H,2-7,10-11H2,1H3,(H,18,19). The minimum atomic E-state index is -0.735. The maximum Gasteiger partial charge on any atom is 0.314 e. The molecule has 0 aliphatic heterocycles. The first kappa shape index (κ1) is 13.5. The molecule has 1 fully saturated rings. The molecule has 0 spiro atoms. The number of benzene rings is 1. The van der Waals surface area contributed by atoms with E-state index < -0.39 is 11.4 Å². The van der Waals surface area contributed by atoms with Crippen LogP contribution in [0.4, 0.5) is 0 Å². The van der Waals surface area contributed by atoms with E-state index in [0.717, 1.165) is 62.7 Å². The van der Waals surface area contributed by atoms with Gasteiger partial charge < -0.3 is 9.84 Å². The highest BCUT2D eigenvalue weighted by atomic mass is 16.5. The highest BCUT2D eigenvalue weighted by Crippen LogP contribution is 2.46. The van der Waals surface area contributed by atoms with E-state index in [1.807, 2.05) is 6.07 Å². The lowest BCUT2D eigenvalue weighted by Gasteiger charge is -2.35. The summed E-state index contributed by atoms with van der Waals surface area (Å²) in [7, 11) is 1.68. The molecular weight excluding hydrogens is 252 g/mol. The third kappa shape index (κ3) is 1.91. The van der Waals surface area contributed by atoms with Gasteiger partial charge in [-0.15, -0.1) is 0 Å². The molecule has 108 valence electrons. The zero-order valence-electron chi connectivity index (χ0n) is 12.1. The summed E-state index contributed by atoms with van der Waals surface area (Å²) in [5, 5.41) is 9.86. The number of carboxylic acids is 1. The van der Waals surface area contributed by atoms with Crippen LogP contribution in [0.1, 0.15) is 55.2 Å². The number of hydrogen-bond donors (Lipinski definition) is 1. The van der Waals surface area contributed by atoms with Crippen LogP contribution in [0.2, 0.25) is 0 Å². The van der Waals surface area contributed by atoms with Crippen molar-refractivity contribution >= 4 is 5.97 Å². The summed E-state index contributed by atoms with van der Waals surface area (Å²) in [4.78, 5) is 12.0. The summed E-state index contributed by atoms with van der Waals surface area (Å²) in [5.41, 5.74) is 2.76. The second-order valence-electron chi connectivity index (χ2n) is 6.09. The van der Waals surface area contributed by atoms with Crippen molar-refractivity contribution in [3.63, 3.8) is 0 Å². The number of fused-ring (bicyclic) bond motifs is 1. The zero-order chi connectivity index (χ0) is 14.2. The Morgan fingerprint density at radius 1 is 1.15 bits per heavy atom. The molecule has 0 unspecified atom stereocenters. The van der Waals surface area contributed by atoms with E-state index >= 15 is 0 Å². The van der Waals surface area contributed by atoms with Crippen molar-refractivity contribution in [3.05, 3.63) is 28.8 Å². The van der Waals surface area contributed by atoms with Crippen molar-refractivity contribution in [2.45, 2.75) is 56.8 Å². The number of carbonyl (C=O) groups is 1. The summed E-state index contributed by atoms with van der Waals surface area (Å²) >= 11 is 0. The van der Waals surface area contributed by atoms with Crippen molar-refractivity contribution in [1.82, 2.24) is 0 Å². The molecule has 0 atom stereocenters. The molecule has 0 saturated heterocycles. The van der Waals surface area contributed by atoms with Crippen LogP contribution in [0.5, 0.6) is 5.75 Å². The van der Waals surface area contributed by atoms with Gasteiger partial charge in [0, 0.05) is 5.56 Å². The van der Waals surface area contributed by atoms with Gasteiger partial charge in [-0.05, 0) is 43.2 Å². The number of rotatable bonds is 3. The fraction of sp³-hybridized carbons (Fsp3) is 0.588. The van der Waals surface area contributed by atoms with Gasteiger partial charge in [0.25, 0.3) is 0 Å². The van der Waals surface area contributed by atoms with Gasteiger partial charge in [0.05, 0.1) is 12.5 Å². The average Bonchev–Trinajstić information content (AvgIpc) is 2.95. The highest BCUT2D eigenvalue weighted by molar-refractivity contribution is 5.83. The Labute approximate surface area is 120 Å². The van der Waals surface area contributed by atoms with Gasteiger partial charge in [-0.2, -0.15) is 0 Å². The molecule has 20 heavy (non-hydrogen) atoms. The van der Waals surface area contributed by atoms with Crippen molar-refractivity contribution < 1.29 is 14.6 Å². The topological polar surface area (TPSA) is 46.5 Å². The second kappa shape index (κ2) is 5.12. The van der Waals surface area contributed by atoms with E-state index in [1.165, 1.54) is 11.1 Å². The van der Waals surface area contributed by atoms with Gasteiger partial charge in [0.2, 0.25) is 0 Å². The first-order valence-corrected chi connectivity index (χ1v) is 7.62. The third-order valence-electron chi connectivity index (χ3n) is 5.07. The minimum Gasteiger partial charge on any atom is -0.496 e. The maximum absolute atomic E-state index is 12.0. The Morgan fingerprint density at radius 3 is 2.55 bits per heavy atom. The Bertz CT molecular complexity index is 527. The predicted molar refractivity (Wildman–Crippen MR) is 77.4 cm³/mol. The van der Waals surface area contributed by atoms with E-state index in [-0.39, 0.29) is 0 Å². The number of carboxylic acid groups (broad SMARTS) is 1. The molecule has 1 N–H and O–H groups in total. The van der Waals surface area contributed by atoms with Crippen molar-refractivity contribution in [1.29, 1.82) is 0 Å². The molecular formula is C17H22O3. The number of aliphatic carboxylic acids is 1. The third-order valence-corrected chi connectivity index (χ3v) is 5.07. The summed E-state index contributed by atoms with van der Waals surface area (Å²) in [6, 6.07) is 4.14. The lowest BCUT2D eigenvalue weighted by atomic mass is 9.68. The Morgan fingerprint density at radius 2 is 1.90 bits per heavy atom. The smallest absolute Gasteiger partial charge is 0.314 e. The first-order valence-electron chi connectivity index (χ1n) is 7.62. The summed E-state index contributed by atoms with van der Waals surface area (Å²) < 4.78 is 5.65. The van der Waals surface area contributed by atoms with Gasteiger partial charge in [-0.1, -0.05) is 31.4 Å². The highest BCUT2D eigenvalue weighted by Gasteiger charge is 2.44.